The maximum Gasteiger partial charge on any atom is 0.0560 e. The molecular formula is C7H13NO. The lowest BCUT2D eigenvalue weighted by Gasteiger charge is -2.40. The van der Waals surface area contributed by atoms with Crippen LogP contribution in [0.25, 0.3) is 0 Å². The largest absolute Gasteiger partial charge is 0.380 e. The van der Waals surface area contributed by atoms with Gasteiger partial charge in [-0.2, -0.15) is 0 Å². The first kappa shape index (κ1) is 5.69. The average Bonchev–Trinajstić information content (AvgIpc) is 2.07. The van der Waals surface area contributed by atoms with E-state index in [9.17, 15) is 0 Å². The Bertz CT molecular complexity index is 120. The molecule has 0 aromatic rings. The SMILES string of the molecule is CC1CNCC12COC2. The van der Waals surface area contributed by atoms with Crippen LogP contribution in [0.1, 0.15) is 6.92 Å². The van der Waals surface area contributed by atoms with Gasteiger partial charge in [0.1, 0.15) is 0 Å². The van der Waals surface area contributed by atoms with Gasteiger partial charge in [-0.3, -0.25) is 0 Å². The van der Waals surface area contributed by atoms with E-state index in [4.69, 9.17) is 4.74 Å². The third kappa shape index (κ3) is 0.634. The van der Waals surface area contributed by atoms with Crippen molar-refractivity contribution < 1.29 is 4.74 Å². The number of ether oxygens (including phenoxy) is 1. The lowest BCUT2D eigenvalue weighted by atomic mass is 9.77. The third-order valence-corrected chi connectivity index (χ3v) is 2.75. The second-order valence-corrected chi connectivity index (χ2v) is 3.39. The fourth-order valence-electron chi connectivity index (χ4n) is 1.68. The van der Waals surface area contributed by atoms with Gasteiger partial charge in [0.15, 0.2) is 0 Å². The molecule has 0 amide bonds. The van der Waals surface area contributed by atoms with Gasteiger partial charge in [-0.25, -0.2) is 0 Å². The molecule has 1 spiro atoms. The van der Waals surface area contributed by atoms with Crippen molar-refractivity contribution in [1.82, 2.24) is 5.32 Å². The highest BCUT2D eigenvalue weighted by atomic mass is 16.5. The lowest BCUT2D eigenvalue weighted by molar-refractivity contribution is -0.121. The molecule has 2 fully saturated rings. The first-order valence-electron chi connectivity index (χ1n) is 3.62. The first-order valence-corrected chi connectivity index (χ1v) is 3.62. The fraction of sp³-hybridized carbons (Fsp3) is 1.00. The van der Waals surface area contributed by atoms with E-state index in [0.717, 1.165) is 19.1 Å². The van der Waals surface area contributed by atoms with Crippen LogP contribution in [0.4, 0.5) is 0 Å². The highest BCUT2D eigenvalue weighted by Gasteiger charge is 2.46. The summed E-state index contributed by atoms with van der Waals surface area (Å²) in [5.41, 5.74) is 0.542. The van der Waals surface area contributed by atoms with Crippen molar-refractivity contribution in [3.63, 3.8) is 0 Å². The molecule has 52 valence electrons. The van der Waals surface area contributed by atoms with Gasteiger partial charge in [-0.15, -0.1) is 0 Å². The lowest BCUT2D eigenvalue weighted by Crippen LogP contribution is -2.47. The third-order valence-electron chi connectivity index (χ3n) is 2.75. The molecule has 0 aromatic carbocycles. The summed E-state index contributed by atoms with van der Waals surface area (Å²) >= 11 is 0. The van der Waals surface area contributed by atoms with Crippen molar-refractivity contribution in [2.75, 3.05) is 26.3 Å². The summed E-state index contributed by atoms with van der Waals surface area (Å²) in [6, 6.07) is 0. The number of hydrogen-bond donors (Lipinski definition) is 1. The van der Waals surface area contributed by atoms with Gasteiger partial charge in [0.25, 0.3) is 0 Å². The number of hydrogen-bond acceptors (Lipinski definition) is 2. The molecular weight excluding hydrogens is 114 g/mol. The van der Waals surface area contributed by atoms with Crippen molar-refractivity contribution in [2.24, 2.45) is 11.3 Å². The summed E-state index contributed by atoms with van der Waals surface area (Å²) in [6.07, 6.45) is 0. The molecule has 2 saturated heterocycles. The van der Waals surface area contributed by atoms with E-state index >= 15 is 0 Å². The van der Waals surface area contributed by atoms with Crippen LogP contribution in [-0.4, -0.2) is 26.3 Å². The van der Waals surface area contributed by atoms with Crippen LogP contribution in [0, 0.1) is 11.3 Å². The first-order chi connectivity index (χ1) is 4.33. The highest BCUT2D eigenvalue weighted by molar-refractivity contribution is 4.97. The molecule has 2 nitrogen and oxygen atoms in total. The molecule has 1 unspecified atom stereocenters. The van der Waals surface area contributed by atoms with E-state index < -0.39 is 0 Å². The summed E-state index contributed by atoms with van der Waals surface area (Å²) < 4.78 is 5.19. The Labute approximate surface area is 55.6 Å². The van der Waals surface area contributed by atoms with Crippen LogP contribution in [-0.2, 0) is 4.74 Å². The molecule has 0 saturated carbocycles. The van der Waals surface area contributed by atoms with E-state index in [1.807, 2.05) is 0 Å². The molecule has 0 radical (unpaired) electrons. The van der Waals surface area contributed by atoms with Gasteiger partial charge in [-0.05, 0) is 12.5 Å². The second kappa shape index (κ2) is 1.70. The number of nitrogens with one attached hydrogen (secondary N) is 1. The standard InChI is InChI=1S/C7H13NO/c1-6-2-8-3-7(6)4-9-5-7/h6,8H,2-5H2,1H3. The quantitative estimate of drug-likeness (QED) is 0.503. The predicted octanol–water partition coefficient (Wildman–Crippen LogP) is 0.242. The van der Waals surface area contributed by atoms with E-state index in [0.29, 0.717) is 5.41 Å². The minimum atomic E-state index is 0.542. The zero-order valence-electron chi connectivity index (χ0n) is 5.81. The van der Waals surface area contributed by atoms with Crippen molar-refractivity contribution in [2.45, 2.75) is 6.92 Å². The van der Waals surface area contributed by atoms with Crippen LogP contribution in [0.2, 0.25) is 0 Å². The molecule has 2 heterocycles. The zero-order chi connectivity index (χ0) is 6.32. The highest BCUT2D eigenvalue weighted by Crippen LogP contribution is 2.37. The Morgan fingerprint density at radius 3 is 2.56 bits per heavy atom. The van der Waals surface area contributed by atoms with Crippen LogP contribution < -0.4 is 5.32 Å². The Morgan fingerprint density at radius 2 is 2.33 bits per heavy atom. The van der Waals surface area contributed by atoms with Crippen LogP contribution in [0.3, 0.4) is 0 Å². The smallest absolute Gasteiger partial charge is 0.0560 e. The molecule has 2 rings (SSSR count). The van der Waals surface area contributed by atoms with Crippen LogP contribution in [0.15, 0.2) is 0 Å². The molecule has 0 aliphatic carbocycles. The molecule has 2 aliphatic heterocycles. The fourth-order valence-corrected chi connectivity index (χ4v) is 1.68. The monoisotopic (exact) mass is 127 g/mol. The maximum atomic E-state index is 5.19. The maximum absolute atomic E-state index is 5.19. The van der Waals surface area contributed by atoms with E-state index in [1.165, 1.54) is 13.1 Å². The summed E-state index contributed by atoms with van der Waals surface area (Å²) in [5.74, 6) is 0.825. The van der Waals surface area contributed by atoms with E-state index in [1.54, 1.807) is 0 Å². The van der Waals surface area contributed by atoms with Crippen molar-refractivity contribution in [1.29, 1.82) is 0 Å². The molecule has 2 heteroatoms. The molecule has 9 heavy (non-hydrogen) atoms. The van der Waals surface area contributed by atoms with E-state index in [-0.39, 0.29) is 0 Å². The summed E-state index contributed by atoms with van der Waals surface area (Å²) in [7, 11) is 0. The minimum absolute atomic E-state index is 0.542. The summed E-state index contributed by atoms with van der Waals surface area (Å²) in [6.45, 7) is 6.64. The molecule has 1 N–H and O–H groups in total. The Balaban J connectivity index is 2.09. The average molecular weight is 127 g/mol. The van der Waals surface area contributed by atoms with Gasteiger partial charge in [0.2, 0.25) is 0 Å². The Hall–Kier alpha value is -0.0800. The van der Waals surface area contributed by atoms with Crippen LogP contribution in [0.5, 0.6) is 0 Å². The van der Waals surface area contributed by atoms with Gasteiger partial charge < -0.3 is 10.1 Å². The Morgan fingerprint density at radius 1 is 1.56 bits per heavy atom. The van der Waals surface area contributed by atoms with Gasteiger partial charge in [0.05, 0.1) is 13.2 Å². The molecule has 0 bridgehead atoms. The zero-order valence-corrected chi connectivity index (χ0v) is 5.81. The van der Waals surface area contributed by atoms with Gasteiger partial charge in [-0.1, -0.05) is 6.92 Å². The Kier molecular flexibility index (Phi) is 1.08. The molecule has 2 aliphatic rings. The topological polar surface area (TPSA) is 21.3 Å². The van der Waals surface area contributed by atoms with Gasteiger partial charge >= 0.3 is 0 Å². The molecule has 0 aromatic heterocycles. The van der Waals surface area contributed by atoms with Crippen molar-refractivity contribution in [3.8, 4) is 0 Å². The second-order valence-electron chi connectivity index (χ2n) is 3.39. The van der Waals surface area contributed by atoms with Gasteiger partial charge in [0, 0.05) is 12.0 Å². The summed E-state index contributed by atoms with van der Waals surface area (Å²) in [4.78, 5) is 0. The normalized spacial score (nSPS) is 39.0. The number of rotatable bonds is 0. The predicted molar refractivity (Wildman–Crippen MR) is 35.3 cm³/mol. The molecule has 1 atom stereocenters. The van der Waals surface area contributed by atoms with E-state index in [2.05, 4.69) is 12.2 Å². The van der Waals surface area contributed by atoms with Crippen molar-refractivity contribution in [3.05, 3.63) is 0 Å². The summed E-state index contributed by atoms with van der Waals surface area (Å²) in [5, 5.41) is 3.38. The minimum Gasteiger partial charge on any atom is -0.380 e. The van der Waals surface area contributed by atoms with Crippen molar-refractivity contribution >= 4 is 0 Å². The van der Waals surface area contributed by atoms with Crippen LogP contribution >= 0.6 is 0 Å².